The zero-order chi connectivity index (χ0) is 17.6. The van der Waals surface area contributed by atoms with E-state index in [0.29, 0.717) is 34.8 Å². The summed E-state index contributed by atoms with van der Waals surface area (Å²) in [6.07, 6.45) is 3.53. The van der Waals surface area contributed by atoms with Crippen LogP contribution in [0, 0.1) is 11.3 Å². The Bertz CT molecular complexity index is 757. The van der Waals surface area contributed by atoms with E-state index in [1.54, 1.807) is 18.2 Å². The van der Waals surface area contributed by atoms with Crippen LogP contribution in [0.2, 0.25) is 5.15 Å². The number of benzene rings is 1. The molecule has 1 unspecified atom stereocenters. The molecule has 2 heterocycles. The molecular formula is C19H21ClN4O. The normalized spacial score (nSPS) is 17.4. The van der Waals surface area contributed by atoms with Gasteiger partial charge in [-0.3, -0.25) is 0 Å². The molecule has 0 N–H and O–H groups in total. The summed E-state index contributed by atoms with van der Waals surface area (Å²) < 4.78 is 5.83. The largest absolute Gasteiger partial charge is 0.492 e. The van der Waals surface area contributed by atoms with E-state index in [0.717, 1.165) is 18.5 Å². The lowest BCUT2D eigenvalue weighted by Gasteiger charge is -2.20. The van der Waals surface area contributed by atoms with Gasteiger partial charge in [0.15, 0.2) is 5.15 Å². The van der Waals surface area contributed by atoms with Crippen molar-refractivity contribution in [1.29, 1.82) is 5.26 Å². The van der Waals surface area contributed by atoms with Crippen LogP contribution in [0.5, 0.6) is 5.75 Å². The Hall–Kier alpha value is -2.16. The number of aromatic nitrogens is 2. The van der Waals surface area contributed by atoms with Crippen molar-refractivity contribution in [1.82, 2.24) is 15.1 Å². The number of nitrogens with zero attached hydrogens (tertiary/aromatic N) is 4. The third kappa shape index (κ3) is 4.47. The Kier molecular flexibility index (Phi) is 5.85. The molecule has 2 aromatic rings. The van der Waals surface area contributed by atoms with Gasteiger partial charge in [-0.2, -0.15) is 5.26 Å². The second-order valence-electron chi connectivity index (χ2n) is 6.29. The minimum absolute atomic E-state index is 0.344. The van der Waals surface area contributed by atoms with Crippen molar-refractivity contribution in [2.24, 2.45) is 0 Å². The minimum atomic E-state index is 0.344. The lowest BCUT2D eigenvalue weighted by molar-refractivity contribution is 0.230. The Morgan fingerprint density at radius 2 is 2.20 bits per heavy atom. The zero-order valence-electron chi connectivity index (χ0n) is 14.3. The lowest BCUT2D eigenvalue weighted by atomic mass is 10.1. The highest BCUT2D eigenvalue weighted by molar-refractivity contribution is 6.29. The highest BCUT2D eigenvalue weighted by atomic mass is 35.5. The summed E-state index contributed by atoms with van der Waals surface area (Å²) in [5, 5.41) is 17.6. The highest BCUT2D eigenvalue weighted by Crippen LogP contribution is 2.25. The highest BCUT2D eigenvalue weighted by Gasteiger charge is 2.19. The number of ether oxygens (including phenoxy) is 1. The standard InChI is InChI=1S/C19H21ClN4O/c1-14-4-2-9-24(14)10-3-11-25-18-7-5-15(12-16(18)13-21)17-6-8-19(20)23-22-17/h5-8,12,14H,2-4,9-11H2,1H3. The summed E-state index contributed by atoms with van der Waals surface area (Å²) in [7, 11) is 0. The molecule has 1 atom stereocenters. The molecule has 0 aliphatic carbocycles. The van der Waals surface area contributed by atoms with E-state index < -0.39 is 0 Å². The summed E-state index contributed by atoms with van der Waals surface area (Å²) >= 11 is 5.76. The first-order valence-corrected chi connectivity index (χ1v) is 8.96. The lowest BCUT2D eigenvalue weighted by Crippen LogP contribution is -2.28. The van der Waals surface area contributed by atoms with Gasteiger partial charge in [-0.15, -0.1) is 10.2 Å². The van der Waals surface area contributed by atoms with Gasteiger partial charge >= 0.3 is 0 Å². The topological polar surface area (TPSA) is 62.0 Å². The van der Waals surface area contributed by atoms with Crippen molar-refractivity contribution in [3.63, 3.8) is 0 Å². The molecule has 0 amide bonds. The van der Waals surface area contributed by atoms with Crippen molar-refractivity contribution >= 4 is 11.6 Å². The predicted molar refractivity (Wildman–Crippen MR) is 97.6 cm³/mol. The van der Waals surface area contributed by atoms with E-state index in [4.69, 9.17) is 16.3 Å². The fourth-order valence-electron chi connectivity index (χ4n) is 3.15. The summed E-state index contributed by atoms with van der Waals surface area (Å²) in [5.74, 6) is 0.614. The maximum Gasteiger partial charge on any atom is 0.151 e. The van der Waals surface area contributed by atoms with E-state index in [1.807, 2.05) is 12.1 Å². The molecular weight excluding hydrogens is 336 g/mol. The van der Waals surface area contributed by atoms with Crippen molar-refractivity contribution in [2.75, 3.05) is 19.7 Å². The number of halogens is 1. The smallest absolute Gasteiger partial charge is 0.151 e. The van der Waals surface area contributed by atoms with Gasteiger partial charge in [0.25, 0.3) is 0 Å². The SMILES string of the molecule is CC1CCCN1CCCOc1ccc(-c2ccc(Cl)nn2)cc1C#N. The third-order valence-corrected chi connectivity index (χ3v) is 4.77. The minimum Gasteiger partial charge on any atom is -0.492 e. The monoisotopic (exact) mass is 356 g/mol. The van der Waals surface area contributed by atoms with Crippen LogP contribution in [0.15, 0.2) is 30.3 Å². The molecule has 0 spiro atoms. The number of likely N-dealkylation sites (tertiary alicyclic amines) is 1. The summed E-state index contributed by atoms with van der Waals surface area (Å²) in [6, 6.07) is 11.8. The molecule has 130 valence electrons. The van der Waals surface area contributed by atoms with Gasteiger partial charge in [-0.05, 0) is 63.1 Å². The molecule has 0 saturated carbocycles. The van der Waals surface area contributed by atoms with Crippen LogP contribution in [-0.4, -0.2) is 40.8 Å². The van der Waals surface area contributed by atoms with Crippen LogP contribution in [-0.2, 0) is 0 Å². The first kappa shape index (κ1) is 17.7. The van der Waals surface area contributed by atoms with Gasteiger partial charge in [0.05, 0.1) is 17.9 Å². The van der Waals surface area contributed by atoms with Crippen molar-refractivity contribution in [3.8, 4) is 23.1 Å². The Balaban J connectivity index is 1.60. The quantitative estimate of drug-likeness (QED) is 0.734. The molecule has 0 bridgehead atoms. The molecule has 25 heavy (non-hydrogen) atoms. The Labute approximate surface area is 153 Å². The van der Waals surface area contributed by atoms with Gasteiger partial charge in [0.2, 0.25) is 0 Å². The van der Waals surface area contributed by atoms with E-state index in [2.05, 4.69) is 28.1 Å². The molecule has 6 heteroatoms. The summed E-state index contributed by atoms with van der Waals surface area (Å²) in [5.41, 5.74) is 2.00. The zero-order valence-corrected chi connectivity index (χ0v) is 15.0. The molecule has 1 aliphatic heterocycles. The maximum absolute atomic E-state index is 9.40. The second kappa shape index (κ2) is 8.28. The van der Waals surface area contributed by atoms with Crippen molar-refractivity contribution in [3.05, 3.63) is 41.0 Å². The number of nitriles is 1. The first-order valence-electron chi connectivity index (χ1n) is 8.58. The number of hydrogen-bond donors (Lipinski definition) is 0. The van der Waals surface area contributed by atoms with Gasteiger partial charge < -0.3 is 9.64 Å². The summed E-state index contributed by atoms with van der Waals surface area (Å²) in [6.45, 7) is 5.11. The van der Waals surface area contributed by atoms with Crippen molar-refractivity contribution < 1.29 is 4.74 Å². The molecule has 3 rings (SSSR count). The molecule has 1 fully saturated rings. The van der Waals surface area contributed by atoms with Crippen LogP contribution >= 0.6 is 11.6 Å². The van der Waals surface area contributed by atoms with Crippen molar-refractivity contribution in [2.45, 2.75) is 32.2 Å². The number of rotatable bonds is 6. The van der Waals surface area contributed by atoms with Crippen LogP contribution < -0.4 is 4.74 Å². The van der Waals surface area contributed by atoms with E-state index in [1.165, 1.54) is 19.4 Å². The average molecular weight is 357 g/mol. The van der Waals surface area contributed by atoms with E-state index in [-0.39, 0.29) is 0 Å². The second-order valence-corrected chi connectivity index (χ2v) is 6.68. The molecule has 1 saturated heterocycles. The molecule has 1 aromatic heterocycles. The average Bonchev–Trinajstić information content (AvgIpc) is 3.04. The molecule has 1 aliphatic rings. The van der Waals surface area contributed by atoms with Gasteiger partial charge in [-0.25, -0.2) is 0 Å². The first-order chi connectivity index (χ1) is 12.2. The molecule has 0 radical (unpaired) electrons. The van der Waals surface area contributed by atoms with E-state index in [9.17, 15) is 5.26 Å². The van der Waals surface area contributed by atoms with Gasteiger partial charge in [0, 0.05) is 18.2 Å². The van der Waals surface area contributed by atoms with Gasteiger partial charge in [0.1, 0.15) is 11.8 Å². The van der Waals surface area contributed by atoms with Crippen LogP contribution in [0.4, 0.5) is 0 Å². The number of hydrogen-bond acceptors (Lipinski definition) is 5. The summed E-state index contributed by atoms with van der Waals surface area (Å²) in [4.78, 5) is 2.50. The van der Waals surface area contributed by atoms with E-state index >= 15 is 0 Å². The van der Waals surface area contributed by atoms with Crippen LogP contribution in [0.1, 0.15) is 31.7 Å². The molecule has 5 nitrogen and oxygen atoms in total. The Morgan fingerprint density at radius 1 is 1.32 bits per heavy atom. The molecule has 1 aromatic carbocycles. The predicted octanol–water partition coefficient (Wildman–Crippen LogP) is 3.92. The fourth-order valence-corrected chi connectivity index (χ4v) is 3.25. The fraction of sp³-hybridized carbons (Fsp3) is 0.421. The maximum atomic E-state index is 9.40. The third-order valence-electron chi connectivity index (χ3n) is 4.57. The van der Waals surface area contributed by atoms with Gasteiger partial charge in [-0.1, -0.05) is 11.6 Å². The van der Waals surface area contributed by atoms with Crippen LogP contribution in [0.25, 0.3) is 11.3 Å². The Morgan fingerprint density at radius 3 is 2.88 bits per heavy atom. The van der Waals surface area contributed by atoms with Crippen LogP contribution in [0.3, 0.4) is 0 Å².